The molecule has 0 bridgehead atoms. The van der Waals surface area contributed by atoms with Crippen LogP contribution in [-0.2, 0) is 4.74 Å². The summed E-state index contributed by atoms with van der Waals surface area (Å²) in [5.41, 5.74) is 2.29. The van der Waals surface area contributed by atoms with Crippen LogP contribution in [0.4, 0.5) is 0 Å². The zero-order valence-electron chi connectivity index (χ0n) is 11.3. The van der Waals surface area contributed by atoms with Crippen LogP contribution in [0.15, 0.2) is 54.7 Å². The largest absolute Gasteiger partial charge is 0.465 e. The number of pyridine rings is 1. The predicted molar refractivity (Wildman–Crippen MR) is 83.5 cm³/mol. The number of nitrogens with zero attached hydrogens (tertiary/aromatic N) is 1. The number of benzene rings is 2. The normalized spacial score (nSPS) is 10.6. The van der Waals surface area contributed by atoms with E-state index in [0.29, 0.717) is 10.6 Å². The quantitative estimate of drug-likeness (QED) is 0.660. The molecule has 0 radical (unpaired) electrons. The minimum absolute atomic E-state index is 0.351. The number of rotatable bonds is 2. The van der Waals surface area contributed by atoms with Crippen molar-refractivity contribution in [3.05, 3.63) is 65.3 Å². The second-order valence-corrected chi connectivity index (χ2v) is 5.03. The van der Waals surface area contributed by atoms with E-state index in [-0.39, 0.29) is 5.97 Å². The number of carbonyl (C=O) groups is 1. The van der Waals surface area contributed by atoms with Crippen molar-refractivity contribution >= 4 is 28.3 Å². The van der Waals surface area contributed by atoms with Gasteiger partial charge in [0, 0.05) is 11.8 Å². The molecule has 3 rings (SSSR count). The van der Waals surface area contributed by atoms with E-state index in [1.165, 1.54) is 7.11 Å². The van der Waals surface area contributed by atoms with E-state index < -0.39 is 0 Å². The van der Waals surface area contributed by atoms with Crippen LogP contribution in [-0.4, -0.2) is 18.1 Å². The Morgan fingerprint density at radius 2 is 2.00 bits per heavy atom. The van der Waals surface area contributed by atoms with Crippen LogP contribution in [0, 0.1) is 0 Å². The molecule has 0 aliphatic carbocycles. The molecule has 0 atom stereocenters. The van der Waals surface area contributed by atoms with Gasteiger partial charge in [-0.05, 0) is 35.0 Å². The van der Waals surface area contributed by atoms with Gasteiger partial charge in [-0.25, -0.2) is 4.79 Å². The SMILES string of the molecule is COC(=O)c1ccc2cccc(-c3ccc(Cl)cn3)c2c1. The highest BCUT2D eigenvalue weighted by Gasteiger charge is 2.10. The van der Waals surface area contributed by atoms with E-state index in [1.807, 2.05) is 36.4 Å². The second kappa shape index (κ2) is 5.54. The molecule has 0 amide bonds. The lowest BCUT2D eigenvalue weighted by molar-refractivity contribution is 0.0601. The predicted octanol–water partition coefficient (Wildman–Crippen LogP) is 4.34. The van der Waals surface area contributed by atoms with Gasteiger partial charge in [-0.15, -0.1) is 0 Å². The van der Waals surface area contributed by atoms with Gasteiger partial charge in [0.25, 0.3) is 0 Å². The molecule has 0 saturated heterocycles. The molecule has 0 aliphatic rings. The van der Waals surface area contributed by atoms with E-state index in [9.17, 15) is 4.79 Å². The summed E-state index contributed by atoms with van der Waals surface area (Å²) in [6.07, 6.45) is 1.61. The molecular formula is C17H12ClNO2. The molecule has 0 N–H and O–H groups in total. The van der Waals surface area contributed by atoms with Crippen molar-refractivity contribution in [1.29, 1.82) is 0 Å². The number of halogens is 1. The fraction of sp³-hybridized carbons (Fsp3) is 0.0588. The van der Waals surface area contributed by atoms with Crippen LogP contribution >= 0.6 is 11.6 Å². The summed E-state index contributed by atoms with van der Waals surface area (Å²) in [5.74, 6) is -0.351. The van der Waals surface area contributed by atoms with Crippen LogP contribution in [0.3, 0.4) is 0 Å². The summed E-state index contributed by atoms with van der Waals surface area (Å²) in [6.45, 7) is 0. The fourth-order valence-electron chi connectivity index (χ4n) is 2.28. The third-order valence-corrected chi connectivity index (χ3v) is 3.53. The monoisotopic (exact) mass is 297 g/mol. The molecular weight excluding hydrogens is 286 g/mol. The number of hydrogen-bond acceptors (Lipinski definition) is 3. The van der Waals surface area contributed by atoms with E-state index in [2.05, 4.69) is 4.98 Å². The van der Waals surface area contributed by atoms with Crippen molar-refractivity contribution in [1.82, 2.24) is 4.98 Å². The van der Waals surface area contributed by atoms with Crippen LogP contribution in [0.25, 0.3) is 22.0 Å². The van der Waals surface area contributed by atoms with E-state index in [4.69, 9.17) is 16.3 Å². The van der Waals surface area contributed by atoms with Crippen molar-refractivity contribution < 1.29 is 9.53 Å². The lowest BCUT2D eigenvalue weighted by atomic mass is 9.99. The Morgan fingerprint density at radius 3 is 2.71 bits per heavy atom. The van der Waals surface area contributed by atoms with Crippen LogP contribution in [0.1, 0.15) is 10.4 Å². The van der Waals surface area contributed by atoms with Gasteiger partial charge in [-0.2, -0.15) is 0 Å². The molecule has 1 aromatic heterocycles. The number of ether oxygens (including phenoxy) is 1. The first-order valence-corrected chi connectivity index (χ1v) is 6.80. The van der Waals surface area contributed by atoms with Gasteiger partial charge in [-0.1, -0.05) is 35.9 Å². The minimum Gasteiger partial charge on any atom is -0.465 e. The van der Waals surface area contributed by atoms with E-state index in [1.54, 1.807) is 18.3 Å². The molecule has 3 aromatic rings. The zero-order chi connectivity index (χ0) is 14.8. The van der Waals surface area contributed by atoms with Gasteiger partial charge in [0.1, 0.15) is 0 Å². The fourth-order valence-corrected chi connectivity index (χ4v) is 2.39. The standard InChI is InChI=1S/C17H12ClNO2/c1-21-17(20)12-6-5-11-3-2-4-14(15(11)9-12)16-8-7-13(18)10-19-16/h2-10H,1H3. The highest BCUT2D eigenvalue weighted by Crippen LogP contribution is 2.28. The molecule has 104 valence electrons. The highest BCUT2D eigenvalue weighted by atomic mass is 35.5. The Kier molecular flexibility index (Phi) is 3.59. The third-order valence-electron chi connectivity index (χ3n) is 3.31. The molecule has 2 aromatic carbocycles. The van der Waals surface area contributed by atoms with E-state index >= 15 is 0 Å². The number of esters is 1. The van der Waals surface area contributed by atoms with Crippen LogP contribution in [0.5, 0.6) is 0 Å². The second-order valence-electron chi connectivity index (χ2n) is 4.59. The van der Waals surface area contributed by atoms with Crippen molar-refractivity contribution in [3.63, 3.8) is 0 Å². The maximum atomic E-state index is 11.7. The molecule has 0 spiro atoms. The smallest absolute Gasteiger partial charge is 0.337 e. The lowest BCUT2D eigenvalue weighted by Gasteiger charge is -2.08. The third kappa shape index (κ3) is 2.60. The maximum absolute atomic E-state index is 11.7. The Bertz CT molecular complexity index is 813. The first-order valence-electron chi connectivity index (χ1n) is 6.42. The van der Waals surface area contributed by atoms with Crippen LogP contribution < -0.4 is 0 Å². The van der Waals surface area contributed by atoms with Gasteiger partial charge in [-0.3, -0.25) is 4.98 Å². The molecule has 0 aliphatic heterocycles. The van der Waals surface area contributed by atoms with Gasteiger partial charge < -0.3 is 4.74 Å². The number of methoxy groups -OCH3 is 1. The van der Waals surface area contributed by atoms with Gasteiger partial charge in [0.05, 0.1) is 23.4 Å². The molecule has 1 heterocycles. The summed E-state index contributed by atoms with van der Waals surface area (Å²) < 4.78 is 4.77. The van der Waals surface area contributed by atoms with Crippen molar-refractivity contribution in [3.8, 4) is 11.3 Å². The molecule has 0 saturated carbocycles. The van der Waals surface area contributed by atoms with Gasteiger partial charge >= 0.3 is 5.97 Å². The summed E-state index contributed by atoms with van der Waals surface area (Å²) >= 11 is 5.88. The zero-order valence-corrected chi connectivity index (χ0v) is 12.1. The Labute approximate surface area is 127 Å². The van der Waals surface area contributed by atoms with Gasteiger partial charge in [0.15, 0.2) is 0 Å². The molecule has 0 fully saturated rings. The van der Waals surface area contributed by atoms with Crippen molar-refractivity contribution in [2.75, 3.05) is 7.11 Å². The highest BCUT2D eigenvalue weighted by molar-refractivity contribution is 6.30. The summed E-state index contributed by atoms with van der Waals surface area (Å²) in [5, 5.41) is 2.58. The average Bonchev–Trinajstić information content (AvgIpc) is 2.54. The summed E-state index contributed by atoms with van der Waals surface area (Å²) in [7, 11) is 1.37. The van der Waals surface area contributed by atoms with Crippen molar-refractivity contribution in [2.45, 2.75) is 0 Å². The molecule has 21 heavy (non-hydrogen) atoms. The number of fused-ring (bicyclic) bond motifs is 1. The summed E-state index contributed by atoms with van der Waals surface area (Å²) in [4.78, 5) is 16.0. The number of aromatic nitrogens is 1. The van der Waals surface area contributed by atoms with Crippen LogP contribution in [0.2, 0.25) is 5.02 Å². The average molecular weight is 298 g/mol. The first-order chi connectivity index (χ1) is 10.2. The van der Waals surface area contributed by atoms with Crippen molar-refractivity contribution in [2.24, 2.45) is 0 Å². The first kappa shape index (κ1) is 13.6. The molecule has 4 heteroatoms. The molecule has 3 nitrogen and oxygen atoms in total. The maximum Gasteiger partial charge on any atom is 0.337 e. The summed E-state index contributed by atoms with van der Waals surface area (Å²) in [6, 6.07) is 15.1. The minimum atomic E-state index is -0.351. The number of hydrogen-bond donors (Lipinski definition) is 0. The van der Waals surface area contributed by atoms with E-state index in [0.717, 1.165) is 22.0 Å². The Morgan fingerprint density at radius 1 is 1.14 bits per heavy atom. The Hall–Kier alpha value is -2.39. The lowest BCUT2D eigenvalue weighted by Crippen LogP contribution is -2.00. The van der Waals surface area contributed by atoms with Gasteiger partial charge in [0.2, 0.25) is 0 Å². The number of carbonyl (C=O) groups excluding carboxylic acids is 1. The molecule has 0 unspecified atom stereocenters. The Balaban J connectivity index is 2.22. The topological polar surface area (TPSA) is 39.2 Å².